The highest BCUT2D eigenvalue weighted by atomic mass is 35.5. The van der Waals surface area contributed by atoms with E-state index < -0.39 is 0 Å². The molecule has 1 saturated heterocycles. The molecule has 1 aliphatic carbocycles. The summed E-state index contributed by atoms with van der Waals surface area (Å²) < 4.78 is 5.42. The van der Waals surface area contributed by atoms with Gasteiger partial charge in [-0.25, -0.2) is 9.97 Å². The maximum atomic E-state index is 6.24. The smallest absolute Gasteiger partial charge is 0.232 e. The largest absolute Gasteiger partial charge is 0.355 e. The van der Waals surface area contributed by atoms with Gasteiger partial charge in [0.2, 0.25) is 5.89 Å². The molecule has 2 aromatic heterocycles. The van der Waals surface area contributed by atoms with Crippen LogP contribution in [0, 0.1) is 0 Å². The second kappa shape index (κ2) is 7.36. The Morgan fingerprint density at radius 2 is 1.93 bits per heavy atom. The lowest BCUT2D eigenvalue weighted by molar-refractivity contribution is 0.269. The fourth-order valence-electron chi connectivity index (χ4n) is 3.29. The van der Waals surface area contributed by atoms with E-state index in [0.29, 0.717) is 23.5 Å². The number of hydrogen-bond acceptors (Lipinski definition) is 7. The molecule has 0 atom stereocenters. The Labute approximate surface area is 165 Å². The Morgan fingerprint density at radius 3 is 2.63 bits per heavy atom. The molecule has 3 heterocycles. The van der Waals surface area contributed by atoms with Gasteiger partial charge in [-0.15, -0.1) is 0 Å². The van der Waals surface area contributed by atoms with Crippen molar-refractivity contribution in [3.05, 3.63) is 28.8 Å². The number of rotatable bonds is 4. The molecule has 0 spiro atoms. The van der Waals surface area contributed by atoms with E-state index in [4.69, 9.17) is 21.1 Å². The van der Waals surface area contributed by atoms with Crippen LogP contribution in [-0.2, 0) is 12.0 Å². The topological polar surface area (TPSA) is 71.2 Å². The van der Waals surface area contributed by atoms with E-state index in [1.165, 1.54) is 12.8 Å². The highest BCUT2D eigenvalue weighted by Gasteiger charge is 2.28. The summed E-state index contributed by atoms with van der Waals surface area (Å²) in [6.07, 6.45) is 3.41. The van der Waals surface area contributed by atoms with Crippen molar-refractivity contribution in [1.29, 1.82) is 0 Å². The lowest BCUT2D eigenvalue weighted by Crippen LogP contribution is -2.31. The molecule has 146 valence electrons. The molecule has 2 fully saturated rings. The number of anilines is 1. The van der Waals surface area contributed by atoms with Crippen molar-refractivity contribution in [2.45, 2.75) is 57.9 Å². The predicted molar refractivity (Wildman–Crippen MR) is 104 cm³/mol. The molecule has 0 unspecified atom stereocenters. The Bertz CT molecular complexity index is 798. The quantitative estimate of drug-likeness (QED) is 0.741. The molecule has 2 aromatic rings. The minimum Gasteiger partial charge on any atom is -0.355 e. The van der Waals surface area contributed by atoms with Gasteiger partial charge >= 0.3 is 0 Å². The van der Waals surface area contributed by atoms with Gasteiger partial charge < -0.3 is 9.42 Å². The van der Waals surface area contributed by atoms with Crippen molar-refractivity contribution in [2.75, 3.05) is 31.1 Å². The third-order valence-electron chi connectivity index (χ3n) is 5.03. The molecular formula is C19H27ClN6O. The van der Waals surface area contributed by atoms with E-state index in [9.17, 15) is 0 Å². The average Bonchev–Trinajstić information content (AvgIpc) is 3.38. The van der Waals surface area contributed by atoms with Crippen molar-refractivity contribution in [3.8, 4) is 0 Å². The number of halogens is 1. The van der Waals surface area contributed by atoms with Gasteiger partial charge in [-0.2, -0.15) is 4.98 Å². The molecular weight excluding hydrogens is 364 g/mol. The van der Waals surface area contributed by atoms with Crippen LogP contribution in [0.4, 0.5) is 5.82 Å². The van der Waals surface area contributed by atoms with Gasteiger partial charge in [-0.1, -0.05) is 37.5 Å². The third kappa shape index (κ3) is 4.58. The lowest BCUT2D eigenvalue weighted by Gasteiger charge is -2.22. The van der Waals surface area contributed by atoms with E-state index in [1.54, 1.807) is 0 Å². The van der Waals surface area contributed by atoms with Crippen molar-refractivity contribution in [1.82, 2.24) is 25.0 Å². The van der Waals surface area contributed by atoms with Crippen LogP contribution in [0.5, 0.6) is 0 Å². The predicted octanol–water partition coefficient (Wildman–Crippen LogP) is 3.40. The van der Waals surface area contributed by atoms with Gasteiger partial charge in [0.05, 0.1) is 6.54 Å². The molecule has 0 amide bonds. The summed E-state index contributed by atoms with van der Waals surface area (Å²) in [5.41, 5.74) is -0.119. The van der Waals surface area contributed by atoms with E-state index in [1.807, 2.05) is 6.07 Å². The normalized spacial score (nSPS) is 19.3. The first-order chi connectivity index (χ1) is 12.9. The summed E-state index contributed by atoms with van der Waals surface area (Å²) in [6, 6.07) is 1.89. The van der Waals surface area contributed by atoms with Crippen LogP contribution in [0.3, 0.4) is 0 Å². The zero-order chi connectivity index (χ0) is 19.0. The Kier molecular flexibility index (Phi) is 5.07. The molecule has 0 aromatic carbocycles. The van der Waals surface area contributed by atoms with Gasteiger partial charge in [0.15, 0.2) is 5.82 Å². The highest BCUT2D eigenvalue weighted by Crippen LogP contribution is 2.39. The second-order valence-electron chi connectivity index (χ2n) is 8.56. The maximum Gasteiger partial charge on any atom is 0.232 e. The molecule has 27 heavy (non-hydrogen) atoms. The molecule has 4 rings (SSSR count). The number of aromatic nitrogens is 4. The standard InChI is InChI=1S/C19H27ClN6O/c1-19(2,3)18-22-15(24-27-18)12-25-7-4-8-26(10-9-25)16-11-14(20)21-17(23-16)13-5-6-13/h11,13H,4-10,12H2,1-3H3. The SMILES string of the molecule is CC(C)(C)c1nc(CN2CCCN(c3cc(Cl)nc(C4CC4)n3)CC2)no1. The summed E-state index contributed by atoms with van der Waals surface area (Å²) >= 11 is 6.24. The zero-order valence-electron chi connectivity index (χ0n) is 16.3. The van der Waals surface area contributed by atoms with Crippen LogP contribution in [0.1, 0.15) is 63.5 Å². The first-order valence-corrected chi connectivity index (χ1v) is 10.1. The molecule has 0 radical (unpaired) electrons. The summed E-state index contributed by atoms with van der Waals surface area (Å²) in [5, 5.41) is 4.70. The van der Waals surface area contributed by atoms with Crippen LogP contribution in [0.2, 0.25) is 5.15 Å². The van der Waals surface area contributed by atoms with Crippen LogP contribution in [-0.4, -0.2) is 51.2 Å². The van der Waals surface area contributed by atoms with E-state index >= 15 is 0 Å². The number of hydrogen-bond donors (Lipinski definition) is 0. The maximum absolute atomic E-state index is 6.24. The van der Waals surface area contributed by atoms with Gasteiger partial charge in [0, 0.05) is 43.6 Å². The third-order valence-corrected chi connectivity index (χ3v) is 5.22. The fraction of sp³-hybridized carbons (Fsp3) is 0.684. The molecule has 2 aliphatic rings. The molecule has 0 N–H and O–H groups in total. The van der Waals surface area contributed by atoms with Crippen LogP contribution in [0.15, 0.2) is 10.6 Å². The summed E-state index contributed by atoms with van der Waals surface area (Å²) in [7, 11) is 0. The molecule has 7 nitrogen and oxygen atoms in total. The van der Waals surface area contributed by atoms with Gasteiger partial charge in [-0.3, -0.25) is 4.90 Å². The Hall–Kier alpha value is -1.73. The van der Waals surface area contributed by atoms with Crippen molar-refractivity contribution < 1.29 is 4.52 Å². The minimum atomic E-state index is -0.119. The Balaban J connectivity index is 1.40. The zero-order valence-corrected chi connectivity index (χ0v) is 17.0. The fourth-order valence-corrected chi connectivity index (χ4v) is 3.47. The van der Waals surface area contributed by atoms with Crippen molar-refractivity contribution in [2.24, 2.45) is 0 Å². The van der Waals surface area contributed by atoms with Crippen LogP contribution >= 0.6 is 11.6 Å². The lowest BCUT2D eigenvalue weighted by atomic mass is 9.97. The summed E-state index contributed by atoms with van der Waals surface area (Å²) in [4.78, 5) is 18.4. The average molecular weight is 391 g/mol. The van der Waals surface area contributed by atoms with Gasteiger partial charge in [-0.05, 0) is 19.3 Å². The van der Waals surface area contributed by atoms with E-state index in [0.717, 1.165) is 50.1 Å². The molecule has 8 heteroatoms. The van der Waals surface area contributed by atoms with Crippen molar-refractivity contribution >= 4 is 17.4 Å². The monoisotopic (exact) mass is 390 g/mol. The minimum absolute atomic E-state index is 0.119. The Morgan fingerprint density at radius 1 is 1.11 bits per heavy atom. The van der Waals surface area contributed by atoms with Gasteiger partial charge in [0.25, 0.3) is 0 Å². The molecule has 1 aliphatic heterocycles. The van der Waals surface area contributed by atoms with E-state index in [-0.39, 0.29) is 5.41 Å². The van der Waals surface area contributed by atoms with Crippen molar-refractivity contribution in [3.63, 3.8) is 0 Å². The first-order valence-electron chi connectivity index (χ1n) is 9.73. The summed E-state index contributed by atoms with van der Waals surface area (Å²) in [6.45, 7) is 10.8. The number of nitrogens with zero attached hydrogens (tertiary/aromatic N) is 6. The highest BCUT2D eigenvalue weighted by molar-refractivity contribution is 6.29. The van der Waals surface area contributed by atoms with Gasteiger partial charge in [0.1, 0.15) is 16.8 Å². The molecule has 0 bridgehead atoms. The van der Waals surface area contributed by atoms with E-state index in [2.05, 4.69) is 45.7 Å². The summed E-state index contributed by atoms with van der Waals surface area (Å²) in [5.74, 6) is 3.81. The second-order valence-corrected chi connectivity index (χ2v) is 8.95. The van der Waals surface area contributed by atoms with Crippen LogP contribution < -0.4 is 4.90 Å². The first kappa shape index (κ1) is 18.6. The molecule has 1 saturated carbocycles. The van der Waals surface area contributed by atoms with Crippen LogP contribution in [0.25, 0.3) is 0 Å².